The molecule has 2 rings (SSSR count). The van der Waals surface area contributed by atoms with Crippen molar-refractivity contribution in [3.63, 3.8) is 0 Å². The van der Waals surface area contributed by atoms with Crippen molar-refractivity contribution in [2.75, 3.05) is 13.7 Å². The molecule has 19 heavy (non-hydrogen) atoms. The zero-order valence-corrected chi connectivity index (χ0v) is 11.8. The fraction of sp³-hybridized carbons (Fsp3) is 0.538. The van der Waals surface area contributed by atoms with E-state index in [0.717, 1.165) is 0 Å². The smallest absolute Gasteiger partial charge is 0.306 e. The van der Waals surface area contributed by atoms with Crippen LogP contribution in [-0.2, 0) is 4.79 Å². The summed E-state index contributed by atoms with van der Waals surface area (Å²) in [5.41, 5.74) is 0. The van der Waals surface area contributed by atoms with Crippen molar-refractivity contribution < 1.29 is 19.4 Å². The van der Waals surface area contributed by atoms with Gasteiger partial charge in [-0.1, -0.05) is 0 Å². The van der Waals surface area contributed by atoms with Gasteiger partial charge in [-0.15, -0.1) is 11.3 Å². The number of nitrogens with zero attached hydrogens (tertiary/aromatic N) is 1. The van der Waals surface area contributed by atoms with Gasteiger partial charge in [-0.3, -0.25) is 9.59 Å². The summed E-state index contributed by atoms with van der Waals surface area (Å²) < 4.78 is 5.16. The molecule has 1 N–H and O–H groups in total. The van der Waals surface area contributed by atoms with Crippen LogP contribution in [0.5, 0.6) is 5.75 Å². The summed E-state index contributed by atoms with van der Waals surface area (Å²) in [5.74, 6) is -0.595. The fourth-order valence-electron chi connectivity index (χ4n) is 2.44. The number of methoxy groups -OCH3 is 1. The third-order valence-corrected chi connectivity index (χ3v) is 4.41. The topological polar surface area (TPSA) is 66.8 Å². The van der Waals surface area contributed by atoms with Crippen LogP contribution in [0.3, 0.4) is 0 Å². The first-order valence-electron chi connectivity index (χ1n) is 6.19. The number of rotatable bonds is 3. The van der Waals surface area contributed by atoms with Crippen molar-refractivity contribution in [1.29, 1.82) is 0 Å². The molecule has 104 valence electrons. The lowest BCUT2D eigenvalue weighted by molar-refractivity contribution is -0.143. The van der Waals surface area contributed by atoms with Gasteiger partial charge in [0.2, 0.25) is 0 Å². The lowest BCUT2D eigenvalue weighted by atomic mass is 9.91. The van der Waals surface area contributed by atoms with Gasteiger partial charge >= 0.3 is 5.97 Å². The maximum Gasteiger partial charge on any atom is 0.306 e. The van der Waals surface area contributed by atoms with E-state index >= 15 is 0 Å². The molecule has 1 aliphatic heterocycles. The second-order valence-corrected chi connectivity index (χ2v) is 5.64. The van der Waals surface area contributed by atoms with Crippen molar-refractivity contribution in [2.45, 2.75) is 25.8 Å². The molecule has 1 aromatic heterocycles. The molecular weight excluding hydrogens is 266 g/mol. The fourth-order valence-corrected chi connectivity index (χ4v) is 3.26. The molecule has 5 nitrogen and oxygen atoms in total. The average molecular weight is 283 g/mol. The minimum absolute atomic E-state index is 0.0610. The Bertz CT molecular complexity index is 485. The van der Waals surface area contributed by atoms with Crippen LogP contribution in [0, 0.1) is 5.92 Å². The molecule has 2 heterocycles. The number of hydrogen-bond acceptors (Lipinski definition) is 4. The van der Waals surface area contributed by atoms with Gasteiger partial charge in [-0.2, -0.15) is 0 Å². The van der Waals surface area contributed by atoms with Crippen LogP contribution in [-0.4, -0.2) is 41.6 Å². The summed E-state index contributed by atoms with van der Waals surface area (Å²) >= 11 is 1.35. The maximum atomic E-state index is 12.4. The van der Waals surface area contributed by atoms with E-state index < -0.39 is 5.97 Å². The van der Waals surface area contributed by atoms with Gasteiger partial charge in [-0.05, 0) is 31.2 Å². The first kappa shape index (κ1) is 13.9. The highest BCUT2D eigenvalue weighted by Crippen LogP contribution is 2.30. The first-order chi connectivity index (χ1) is 9.04. The van der Waals surface area contributed by atoms with Gasteiger partial charge in [0, 0.05) is 12.6 Å². The number of carbonyl (C=O) groups excluding carboxylic acids is 1. The second kappa shape index (κ2) is 5.61. The predicted octanol–water partition coefficient (Wildman–Crippen LogP) is 2.08. The Labute approximate surface area is 115 Å². The van der Waals surface area contributed by atoms with E-state index in [1.807, 2.05) is 12.3 Å². The molecule has 1 aliphatic rings. The average Bonchev–Trinajstić information content (AvgIpc) is 2.85. The molecule has 2 unspecified atom stereocenters. The number of aliphatic carboxylic acids is 1. The highest BCUT2D eigenvalue weighted by Gasteiger charge is 2.33. The third-order valence-electron chi connectivity index (χ3n) is 3.53. The van der Waals surface area contributed by atoms with E-state index in [9.17, 15) is 9.59 Å². The number of carbonyl (C=O) groups is 2. The van der Waals surface area contributed by atoms with Crippen LogP contribution in [0.1, 0.15) is 29.4 Å². The molecule has 1 saturated heterocycles. The Morgan fingerprint density at radius 3 is 2.84 bits per heavy atom. The molecule has 1 amide bonds. The normalized spacial score (nSPS) is 23.2. The number of carboxylic acids is 1. The summed E-state index contributed by atoms with van der Waals surface area (Å²) in [6.07, 6.45) is 1.02. The van der Waals surface area contributed by atoms with Crippen LogP contribution >= 0.6 is 11.3 Å². The van der Waals surface area contributed by atoms with Gasteiger partial charge in [0.25, 0.3) is 5.91 Å². The zero-order valence-electron chi connectivity index (χ0n) is 11.0. The van der Waals surface area contributed by atoms with Gasteiger partial charge in [-0.25, -0.2) is 0 Å². The predicted molar refractivity (Wildman–Crippen MR) is 71.7 cm³/mol. The number of likely N-dealkylation sites (tertiary alicyclic amines) is 1. The standard InChI is InChI=1S/C13H17NO4S/c1-8-7-9(13(16)17)3-5-14(8)12(15)11-10(18-2)4-6-19-11/h4,6,8-9H,3,5,7H2,1-2H3,(H,16,17). The summed E-state index contributed by atoms with van der Waals surface area (Å²) in [6, 6.07) is 1.71. The quantitative estimate of drug-likeness (QED) is 0.922. The molecular formula is C13H17NO4S. The highest BCUT2D eigenvalue weighted by molar-refractivity contribution is 7.12. The SMILES string of the molecule is COc1ccsc1C(=O)N1CCC(C(=O)O)CC1C. The molecule has 6 heteroatoms. The molecule has 2 atom stereocenters. The van der Waals surface area contributed by atoms with Crippen LogP contribution in [0.2, 0.25) is 0 Å². The Morgan fingerprint density at radius 2 is 2.26 bits per heavy atom. The van der Waals surface area contributed by atoms with E-state index in [1.165, 1.54) is 11.3 Å². The minimum Gasteiger partial charge on any atom is -0.495 e. The Hall–Kier alpha value is -1.56. The molecule has 0 bridgehead atoms. The van der Waals surface area contributed by atoms with E-state index in [1.54, 1.807) is 18.1 Å². The number of piperidine rings is 1. The van der Waals surface area contributed by atoms with Crippen LogP contribution in [0.25, 0.3) is 0 Å². The monoisotopic (exact) mass is 283 g/mol. The summed E-state index contributed by atoms with van der Waals surface area (Å²) in [7, 11) is 1.54. The first-order valence-corrected chi connectivity index (χ1v) is 7.07. The third kappa shape index (κ3) is 2.73. The summed E-state index contributed by atoms with van der Waals surface area (Å²) in [6.45, 7) is 2.38. The molecule has 0 saturated carbocycles. The highest BCUT2D eigenvalue weighted by atomic mass is 32.1. The minimum atomic E-state index is -0.771. The van der Waals surface area contributed by atoms with Gasteiger partial charge < -0.3 is 14.7 Å². The van der Waals surface area contributed by atoms with E-state index in [4.69, 9.17) is 9.84 Å². The van der Waals surface area contributed by atoms with Crippen molar-refractivity contribution in [1.82, 2.24) is 4.90 Å². The van der Waals surface area contributed by atoms with E-state index in [2.05, 4.69) is 0 Å². The van der Waals surface area contributed by atoms with Crippen molar-refractivity contribution in [2.24, 2.45) is 5.92 Å². The molecule has 1 fully saturated rings. The molecule has 0 aromatic carbocycles. The van der Waals surface area contributed by atoms with Crippen molar-refractivity contribution >= 4 is 23.2 Å². The van der Waals surface area contributed by atoms with E-state index in [-0.39, 0.29) is 17.9 Å². The van der Waals surface area contributed by atoms with Gasteiger partial charge in [0.1, 0.15) is 10.6 Å². The number of carboxylic acid groups (broad SMARTS) is 1. The van der Waals surface area contributed by atoms with Crippen molar-refractivity contribution in [3.05, 3.63) is 16.3 Å². The zero-order chi connectivity index (χ0) is 14.0. The molecule has 1 aromatic rings. The van der Waals surface area contributed by atoms with Gasteiger partial charge in [0.05, 0.1) is 13.0 Å². The van der Waals surface area contributed by atoms with Crippen LogP contribution in [0.15, 0.2) is 11.4 Å². The van der Waals surface area contributed by atoms with Crippen LogP contribution < -0.4 is 4.74 Å². The number of amides is 1. The number of ether oxygens (including phenoxy) is 1. The lowest BCUT2D eigenvalue weighted by Gasteiger charge is -2.36. The number of hydrogen-bond donors (Lipinski definition) is 1. The van der Waals surface area contributed by atoms with E-state index in [0.29, 0.717) is 30.0 Å². The summed E-state index contributed by atoms with van der Waals surface area (Å²) in [5, 5.41) is 10.8. The molecule has 0 spiro atoms. The Morgan fingerprint density at radius 1 is 1.53 bits per heavy atom. The van der Waals surface area contributed by atoms with Crippen molar-refractivity contribution in [3.8, 4) is 5.75 Å². The lowest BCUT2D eigenvalue weighted by Crippen LogP contribution is -2.45. The Kier molecular flexibility index (Phi) is 4.09. The van der Waals surface area contributed by atoms with Crippen LogP contribution in [0.4, 0.5) is 0 Å². The second-order valence-electron chi connectivity index (χ2n) is 4.73. The largest absolute Gasteiger partial charge is 0.495 e. The molecule has 0 aliphatic carbocycles. The molecule has 0 radical (unpaired) electrons. The number of thiophene rings is 1. The Balaban J connectivity index is 2.11. The maximum absolute atomic E-state index is 12.4. The summed E-state index contributed by atoms with van der Waals surface area (Å²) in [4.78, 5) is 25.8. The van der Waals surface area contributed by atoms with Gasteiger partial charge in [0.15, 0.2) is 0 Å².